The van der Waals surface area contributed by atoms with Crippen LogP contribution in [0.15, 0.2) is 24.3 Å². The van der Waals surface area contributed by atoms with Crippen LogP contribution in [0, 0.1) is 3.57 Å². The van der Waals surface area contributed by atoms with Crippen molar-refractivity contribution >= 4 is 40.3 Å². The highest BCUT2D eigenvalue weighted by molar-refractivity contribution is 14.1. The monoisotopic (exact) mass is 458 g/mol. The zero-order valence-corrected chi connectivity index (χ0v) is 16.4. The fraction of sp³-hybridized carbons (Fsp3) is 0.471. The number of amides is 3. The second kappa shape index (κ2) is 9.71. The topological polar surface area (TPSA) is 81.8 Å². The Morgan fingerprint density at radius 2 is 1.76 bits per heavy atom. The zero-order chi connectivity index (χ0) is 18.2. The minimum atomic E-state index is -0.250. The summed E-state index contributed by atoms with van der Waals surface area (Å²) in [7, 11) is 0. The van der Waals surface area contributed by atoms with Gasteiger partial charge in [-0.25, -0.2) is 0 Å². The van der Waals surface area contributed by atoms with E-state index in [1.54, 1.807) is 19.1 Å². The van der Waals surface area contributed by atoms with Crippen molar-refractivity contribution in [3.63, 3.8) is 0 Å². The fourth-order valence-electron chi connectivity index (χ4n) is 2.60. The lowest BCUT2D eigenvalue weighted by Crippen LogP contribution is -2.50. The van der Waals surface area contributed by atoms with Crippen LogP contribution >= 0.6 is 22.6 Å². The molecule has 0 radical (unpaired) electrons. The first-order valence-electron chi connectivity index (χ1n) is 8.24. The summed E-state index contributed by atoms with van der Waals surface area (Å²) in [6.07, 6.45) is 0. The summed E-state index contributed by atoms with van der Waals surface area (Å²) in [5.41, 5.74) is 0.569. The molecule has 1 aliphatic rings. The van der Waals surface area contributed by atoms with Gasteiger partial charge in [-0.05, 0) is 34.7 Å². The molecule has 0 saturated carbocycles. The Morgan fingerprint density at radius 3 is 2.40 bits per heavy atom. The number of benzene rings is 1. The first kappa shape index (κ1) is 19.6. The molecule has 1 aromatic rings. The van der Waals surface area contributed by atoms with Gasteiger partial charge >= 0.3 is 0 Å². The van der Waals surface area contributed by atoms with Crippen LogP contribution in [0.4, 0.5) is 0 Å². The van der Waals surface area contributed by atoms with Crippen LogP contribution in [-0.2, 0) is 9.59 Å². The first-order chi connectivity index (χ1) is 12.0. The number of hydrogen-bond donors (Lipinski definition) is 2. The number of halogens is 1. The van der Waals surface area contributed by atoms with Gasteiger partial charge in [0, 0.05) is 49.8 Å². The summed E-state index contributed by atoms with van der Waals surface area (Å²) in [6.45, 7) is 5.91. The highest BCUT2D eigenvalue weighted by Crippen LogP contribution is 2.10. The van der Waals surface area contributed by atoms with Gasteiger partial charge in [-0.2, -0.15) is 0 Å². The Hall–Kier alpha value is -1.68. The van der Waals surface area contributed by atoms with Crippen molar-refractivity contribution < 1.29 is 14.4 Å². The predicted octanol–water partition coefficient (Wildman–Crippen LogP) is 0.301. The van der Waals surface area contributed by atoms with Gasteiger partial charge in [0.05, 0.1) is 12.1 Å². The molecule has 136 valence electrons. The molecule has 3 amide bonds. The number of carbonyl (C=O) groups is 3. The number of nitrogens with zero attached hydrogens (tertiary/aromatic N) is 2. The van der Waals surface area contributed by atoms with Crippen molar-refractivity contribution in [2.24, 2.45) is 0 Å². The minimum absolute atomic E-state index is 0.0398. The largest absolute Gasteiger partial charge is 0.353 e. The molecule has 0 aliphatic carbocycles. The number of hydrogen-bond acceptors (Lipinski definition) is 4. The maximum absolute atomic E-state index is 12.0. The van der Waals surface area contributed by atoms with Gasteiger partial charge in [-0.1, -0.05) is 12.1 Å². The molecule has 2 rings (SSSR count). The van der Waals surface area contributed by atoms with Crippen molar-refractivity contribution in [1.29, 1.82) is 0 Å². The van der Waals surface area contributed by atoms with Crippen molar-refractivity contribution in [2.75, 3.05) is 45.8 Å². The molecule has 25 heavy (non-hydrogen) atoms. The smallest absolute Gasteiger partial charge is 0.252 e. The lowest BCUT2D eigenvalue weighted by molar-refractivity contribution is -0.130. The molecule has 0 atom stereocenters. The second-order valence-corrected chi connectivity index (χ2v) is 7.02. The van der Waals surface area contributed by atoms with E-state index in [-0.39, 0.29) is 24.3 Å². The van der Waals surface area contributed by atoms with Gasteiger partial charge < -0.3 is 15.5 Å². The molecule has 0 aromatic heterocycles. The van der Waals surface area contributed by atoms with Crippen LogP contribution in [0.5, 0.6) is 0 Å². The average molecular weight is 458 g/mol. The molecule has 1 aromatic carbocycles. The average Bonchev–Trinajstić information content (AvgIpc) is 2.60. The predicted molar refractivity (Wildman–Crippen MR) is 103 cm³/mol. The number of piperazine rings is 1. The minimum Gasteiger partial charge on any atom is -0.353 e. The molecule has 1 aliphatic heterocycles. The number of rotatable bonds is 6. The fourth-order valence-corrected chi connectivity index (χ4v) is 3.24. The van der Waals surface area contributed by atoms with Crippen LogP contribution in [0.2, 0.25) is 0 Å². The van der Waals surface area contributed by atoms with Gasteiger partial charge in [-0.15, -0.1) is 0 Å². The van der Waals surface area contributed by atoms with E-state index >= 15 is 0 Å². The van der Waals surface area contributed by atoms with E-state index < -0.39 is 0 Å². The third-order valence-electron chi connectivity index (χ3n) is 4.10. The summed E-state index contributed by atoms with van der Waals surface area (Å²) < 4.78 is 0.850. The zero-order valence-electron chi connectivity index (χ0n) is 14.3. The van der Waals surface area contributed by atoms with Crippen molar-refractivity contribution in [1.82, 2.24) is 20.4 Å². The second-order valence-electron chi connectivity index (χ2n) is 5.86. The van der Waals surface area contributed by atoms with E-state index in [0.717, 1.165) is 36.3 Å². The van der Waals surface area contributed by atoms with Gasteiger partial charge in [0.1, 0.15) is 0 Å². The van der Waals surface area contributed by atoms with E-state index in [1.165, 1.54) is 0 Å². The van der Waals surface area contributed by atoms with Crippen molar-refractivity contribution in [2.45, 2.75) is 6.92 Å². The van der Waals surface area contributed by atoms with E-state index in [1.807, 2.05) is 17.0 Å². The SMILES string of the molecule is CC(=O)N1CCN(CCNC(=O)CNC(=O)c2ccccc2I)CC1. The number of carbonyl (C=O) groups excluding carboxylic acids is 3. The van der Waals surface area contributed by atoms with E-state index in [9.17, 15) is 14.4 Å². The molecule has 1 saturated heterocycles. The molecule has 1 heterocycles. The quantitative estimate of drug-likeness (QED) is 0.602. The van der Waals surface area contributed by atoms with E-state index in [0.29, 0.717) is 12.1 Å². The molecule has 8 heteroatoms. The molecule has 0 spiro atoms. The van der Waals surface area contributed by atoms with Crippen molar-refractivity contribution in [3.8, 4) is 0 Å². The summed E-state index contributed by atoms with van der Waals surface area (Å²) in [4.78, 5) is 39.2. The Kier molecular flexibility index (Phi) is 7.63. The summed E-state index contributed by atoms with van der Waals surface area (Å²) in [6, 6.07) is 7.24. The summed E-state index contributed by atoms with van der Waals surface area (Å²) in [5.74, 6) is -0.348. The maximum Gasteiger partial charge on any atom is 0.252 e. The summed E-state index contributed by atoms with van der Waals surface area (Å²) >= 11 is 2.09. The highest BCUT2D eigenvalue weighted by atomic mass is 127. The van der Waals surface area contributed by atoms with Crippen LogP contribution in [-0.4, -0.2) is 73.3 Å². The normalized spacial score (nSPS) is 14.9. The Bertz CT molecular complexity index is 630. The third-order valence-corrected chi connectivity index (χ3v) is 5.04. The molecule has 7 nitrogen and oxygen atoms in total. The first-order valence-corrected chi connectivity index (χ1v) is 9.32. The van der Waals surface area contributed by atoms with E-state index in [4.69, 9.17) is 0 Å². The Morgan fingerprint density at radius 1 is 1.08 bits per heavy atom. The molecule has 0 unspecified atom stereocenters. The van der Waals surface area contributed by atoms with Crippen LogP contribution < -0.4 is 10.6 Å². The highest BCUT2D eigenvalue weighted by Gasteiger charge is 2.18. The van der Waals surface area contributed by atoms with E-state index in [2.05, 4.69) is 38.1 Å². The van der Waals surface area contributed by atoms with Crippen LogP contribution in [0.1, 0.15) is 17.3 Å². The van der Waals surface area contributed by atoms with Crippen molar-refractivity contribution in [3.05, 3.63) is 33.4 Å². The van der Waals surface area contributed by atoms with Gasteiger partial charge in [0.2, 0.25) is 11.8 Å². The Labute approximate surface area is 161 Å². The lowest BCUT2D eigenvalue weighted by Gasteiger charge is -2.34. The standard InChI is InChI=1S/C17H23IN4O3/c1-13(23)22-10-8-21(9-11-22)7-6-19-16(24)12-20-17(25)14-4-2-3-5-15(14)18/h2-5H,6-12H2,1H3,(H,19,24)(H,20,25). The Balaban J connectivity index is 1.62. The number of nitrogens with one attached hydrogen (secondary N) is 2. The molecule has 1 fully saturated rings. The van der Waals surface area contributed by atoms with Gasteiger partial charge in [-0.3, -0.25) is 19.3 Å². The lowest BCUT2D eigenvalue weighted by atomic mass is 10.2. The molecular weight excluding hydrogens is 435 g/mol. The maximum atomic E-state index is 12.0. The molecule has 2 N–H and O–H groups in total. The van der Waals surface area contributed by atoms with Gasteiger partial charge in [0.25, 0.3) is 5.91 Å². The molecular formula is C17H23IN4O3. The van der Waals surface area contributed by atoms with Gasteiger partial charge in [0.15, 0.2) is 0 Å². The molecule has 0 bridgehead atoms. The van der Waals surface area contributed by atoms with Crippen LogP contribution in [0.3, 0.4) is 0 Å². The van der Waals surface area contributed by atoms with Crippen LogP contribution in [0.25, 0.3) is 0 Å². The third kappa shape index (κ3) is 6.28. The summed E-state index contributed by atoms with van der Waals surface area (Å²) in [5, 5.41) is 5.44.